The van der Waals surface area contributed by atoms with Gasteiger partial charge in [0, 0.05) is 80.5 Å². The molecule has 270 valence electrons. The number of rotatable bonds is 8. The summed E-state index contributed by atoms with van der Waals surface area (Å²) >= 11 is 1.66. The van der Waals surface area contributed by atoms with E-state index in [2.05, 4.69) is 88.0 Å². The maximum absolute atomic E-state index is 6.70. The highest BCUT2D eigenvalue weighted by Gasteiger charge is 2.17. The first-order valence-corrected chi connectivity index (χ1v) is 19.4. The van der Waals surface area contributed by atoms with Crippen molar-refractivity contribution < 1.29 is 9.47 Å². The number of aromatic nitrogens is 6. The van der Waals surface area contributed by atoms with Gasteiger partial charge in [0.25, 0.3) is 0 Å². The van der Waals surface area contributed by atoms with E-state index in [4.69, 9.17) is 29.4 Å². The van der Waals surface area contributed by atoms with E-state index in [1.54, 1.807) is 11.3 Å². The molecular formula is C48H30N6O2S. The van der Waals surface area contributed by atoms with Crippen molar-refractivity contribution in [1.82, 2.24) is 29.1 Å². The minimum atomic E-state index is 0.557. The fraction of sp³-hybridized carbons (Fsp3) is 0. The second-order valence-electron chi connectivity index (χ2n) is 13.6. The highest BCUT2D eigenvalue weighted by Crippen LogP contribution is 2.39. The predicted molar refractivity (Wildman–Crippen MR) is 228 cm³/mol. The zero-order chi connectivity index (χ0) is 37.7. The number of nitrogens with zero attached hydrogens (tertiary/aromatic N) is 6. The molecule has 57 heavy (non-hydrogen) atoms. The Hall–Kier alpha value is -7.62. The first kappa shape index (κ1) is 32.8. The van der Waals surface area contributed by atoms with Crippen LogP contribution in [-0.4, -0.2) is 29.1 Å². The summed E-state index contributed by atoms with van der Waals surface area (Å²) in [7, 11) is 0. The molecule has 11 aromatic rings. The van der Waals surface area contributed by atoms with Crippen molar-refractivity contribution >= 4 is 54.9 Å². The predicted octanol–water partition coefficient (Wildman–Crippen LogP) is 12.4. The second kappa shape index (κ2) is 13.6. The van der Waals surface area contributed by atoms with Gasteiger partial charge in [-0.2, -0.15) is 0 Å². The van der Waals surface area contributed by atoms with Crippen LogP contribution in [-0.2, 0) is 0 Å². The largest absolute Gasteiger partial charge is 0.457 e. The van der Waals surface area contributed by atoms with Crippen LogP contribution in [0.5, 0.6) is 23.0 Å². The molecule has 6 heterocycles. The molecule has 0 aliphatic carbocycles. The van der Waals surface area contributed by atoms with Gasteiger partial charge in [0.05, 0.1) is 22.1 Å². The van der Waals surface area contributed by atoms with Gasteiger partial charge in [-0.1, -0.05) is 54.6 Å². The minimum Gasteiger partial charge on any atom is -0.457 e. The summed E-state index contributed by atoms with van der Waals surface area (Å²) in [5.74, 6) is 4.72. The molecule has 0 saturated heterocycles. The molecule has 0 atom stereocenters. The minimum absolute atomic E-state index is 0.557. The van der Waals surface area contributed by atoms with E-state index in [1.165, 1.54) is 0 Å². The smallest absolute Gasteiger partial charge is 0.159 e. The number of hydrogen-bond donors (Lipinski definition) is 0. The van der Waals surface area contributed by atoms with Crippen molar-refractivity contribution in [2.45, 2.75) is 0 Å². The van der Waals surface area contributed by atoms with E-state index in [-0.39, 0.29) is 0 Å². The fourth-order valence-corrected chi connectivity index (χ4v) is 8.33. The number of hydrogen-bond acceptors (Lipinski definition) is 7. The molecule has 0 N–H and O–H groups in total. The van der Waals surface area contributed by atoms with Crippen molar-refractivity contribution in [2.75, 3.05) is 0 Å². The van der Waals surface area contributed by atoms with Crippen molar-refractivity contribution in [3.05, 3.63) is 182 Å². The first-order chi connectivity index (χ1) is 28.2. The first-order valence-electron chi connectivity index (χ1n) is 18.5. The van der Waals surface area contributed by atoms with Crippen molar-refractivity contribution in [3.8, 4) is 56.5 Å². The normalized spacial score (nSPS) is 11.5. The molecule has 0 fully saturated rings. The van der Waals surface area contributed by atoms with Crippen molar-refractivity contribution in [1.29, 1.82) is 0 Å². The molecule has 6 aromatic heterocycles. The summed E-state index contributed by atoms with van der Waals surface area (Å²) in [5, 5.41) is 6.56. The molecule has 11 rings (SSSR count). The Labute approximate surface area is 330 Å². The number of pyridine rings is 2. The lowest BCUT2D eigenvalue weighted by molar-refractivity contribution is 0.461. The molecule has 5 aromatic carbocycles. The summed E-state index contributed by atoms with van der Waals surface area (Å²) in [6.07, 6.45) is 7.34. The quantitative estimate of drug-likeness (QED) is 0.154. The molecule has 0 spiro atoms. The van der Waals surface area contributed by atoms with Gasteiger partial charge in [0.15, 0.2) is 5.82 Å². The average molecular weight is 755 g/mol. The lowest BCUT2D eigenvalue weighted by Gasteiger charge is -2.13. The van der Waals surface area contributed by atoms with Gasteiger partial charge in [-0.3, -0.25) is 9.13 Å². The van der Waals surface area contributed by atoms with Gasteiger partial charge >= 0.3 is 0 Å². The van der Waals surface area contributed by atoms with E-state index in [0.717, 1.165) is 71.3 Å². The maximum atomic E-state index is 6.70. The van der Waals surface area contributed by atoms with Crippen molar-refractivity contribution in [2.24, 2.45) is 0 Å². The Kier molecular flexibility index (Phi) is 7.82. The Bertz CT molecular complexity index is 3050. The van der Waals surface area contributed by atoms with E-state index in [0.29, 0.717) is 28.8 Å². The Morgan fingerprint density at radius 1 is 0.404 bits per heavy atom. The molecule has 0 saturated carbocycles. The van der Waals surface area contributed by atoms with Crippen LogP contribution < -0.4 is 9.47 Å². The third-order valence-electron chi connectivity index (χ3n) is 10.1. The molecule has 0 aliphatic heterocycles. The second-order valence-corrected chi connectivity index (χ2v) is 14.6. The number of thiophene rings is 1. The lowest BCUT2D eigenvalue weighted by Crippen LogP contribution is -1.97. The number of ether oxygens (including phenoxy) is 2. The lowest BCUT2D eigenvalue weighted by atomic mass is 10.1. The Morgan fingerprint density at radius 2 is 0.930 bits per heavy atom. The average Bonchev–Trinajstić information content (AvgIpc) is 4.00. The summed E-state index contributed by atoms with van der Waals surface area (Å²) in [6, 6.07) is 50.9. The SMILES string of the molecule is c1ccc(-n2c3ccccc3c3ccc(Oc4cc(Oc5ccc6c7ccccc7n(-c7ccccn7)c6c5)cc(-c5ncc(-c6cccs6)cn5)c4)cc32)nc1. The van der Waals surface area contributed by atoms with Crippen LogP contribution in [0.3, 0.4) is 0 Å². The van der Waals surface area contributed by atoms with Crippen LogP contribution in [0.1, 0.15) is 0 Å². The molecule has 0 aliphatic rings. The van der Waals surface area contributed by atoms with Crippen LogP contribution in [0.25, 0.3) is 77.1 Å². The number of para-hydroxylation sites is 2. The molecule has 0 unspecified atom stereocenters. The fourth-order valence-electron chi connectivity index (χ4n) is 7.63. The van der Waals surface area contributed by atoms with Gasteiger partial charge in [-0.25, -0.2) is 19.9 Å². The molecule has 9 heteroatoms. The summed E-state index contributed by atoms with van der Waals surface area (Å²) in [5.41, 5.74) is 5.85. The number of fused-ring (bicyclic) bond motifs is 6. The van der Waals surface area contributed by atoms with Gasteiger partial charge in [0.2, 0.25) is 0 Å². The molecular weight excluding hydrogens is 725 g/mol. The van der Waals surface area contributed by atoms with Gasteiger partial charge in [0.1, 0.15) is 34.6 Å². The van der Waals surface area contributed by atoms with Crippen LogP contribution in [0, 0.1) is 0 Å². The highest BCUT2D eigenvalue weighted by atomic mass is 32.1. The van der Waals surface area contributed by atoms with Crippen LogP contribution in [0.4, 0.5) is 0 Å². The van der Waals surface area contributed by atoms with Gasteiger partial charge < -0.3 is 9.47 Å². The highest BCUT2D eigenvalue weighted by molar-refractivity contribution is 7.13. The molecule has 8 nitrogen and oxygen atoms in total. The zero-order valence-electron chi connectivity index (χ0n) is 30.2. The maximum Gasteiger partial charge on any atom is 0.159 e. The standard InChI is InChI=1S/C48H30N6O2S/c1-3-12-41-37(10-1)39-19-17-33(27-43(39)53(41)46-15-5-7-21-49-46)55-35-24-31(48-51-29-32(30-52-48)45-14-9-23-57-45)25-36(26-35)56-34-18-20-40-38-11-2-4-13-42(38)54(44(40)28-34)47-16-6-8-22-50-47/h1-30H. The molecule has 0 radical (unpaired) electrons. The molecule has 0 amide bonds. The zero-order valence-corrected chi connectivity index (χ0v) is 31.0. The summed E-state index contributed by atoms with van der Waals surface area (Å²) in [4.78, 5) is 20.1. The number of benzene rings is 5. The van der Waals surface area contributed by atoms with Gasteiger partial charge in [-0.15, -0.1) is 11.3 Å². The van der Waals surface area contributed by atoms with Crippen molar-refractivity contribution in [3.63, 3.8) is 0 Å². The Morgan fingerprint density at radius 3 is 1.44 bits per heavy atom. The topological polar surface area (TPSA) is 79.9 Å². The summed E-state index contributed by atoms with van der Waals surface area (Å²) < 4.78 is 17.8. The van der Waals surface area contributed by atoms with E-state index in [9.17, 15) is 0 Å². The van der Waals surface area contributed by atoms with E-state index in [1.807, 2.05) is 103 Å². The monoisotopic (exact) mass is 754 g/mol. The summed E-state index contributed by atoms with van der Waals surface area (Å²) in [6.45, 7) is 0. The van der Waals surface area contributed by atoms with E-state index < -0.39 is 0 Å². The van der Waals surface area contributed by atoms with E-state index >= 15 is 0 Å². The third-order valence-corrected chi connectivity index (χ3v) is 11.0. The molecule has 0 bridgehead atoms. The van der Waals surface area contributed by atoms with Crippen LogP contribution in [0.2, 0.25) is 0 Å². The Balaban J connectivity index is 1.02. The van der Waals surface area contributed by atoms with Crippen LogP contribution in [0.15, 0.2) is 182 Å². The van der Waals surface area contributed by atoms with Gasteiger partial charge in [-0.05, 0) is 84.2 Å². The third kappa shape index (κ3) is 5.85. The van der Waals surface area contributed by atoms with Crippen LogP contribution >= 0.6 is 11.3 Å².